The number of para-hydroxylation sites is 1. The van der Waals surface area contributed by atoms with E-state index in [1.807, 2.05) is 54.6 Å². The van der Waals surface area contributed by atoms with Gasteiger partial charge in [-0.3, -0.25) is 0 Å². The molecule has 3 nitrogen and oxygen atoms in total. The maximum absolute atomic E-state index is 11.9. The molecule has 2 rings (SSSR count). The Hall–Kier alpha value is -2.07. The molecule has 0 spiro atoms. The molecule has 0 saturated heterocycles. The molecular weight excluding hydrogens is 328 g/mol. The first-order valence-corrected chi connectivity index (χ1v) is 7.56. The summed E-state index contributed by atoms with van der Waals surface area (Å²) in [6.07, 6.45) is 4.35. The predicted molar refractivity (Wildman–Crippen MR) is 91.2 cm³/mol. The number of amides is 2. The maximum Gasteiger partial charge on any atom is 0.323 e. The van der Waals surface area contributed by atoms with Crippen LogP contribution >= 0.6 is 15.9 Å². The van der Waals surface area contributed by atoms with Crippen LogP contribution in [0.3, 0.4) is 0 Å². The molecule has 0 aromatic heterocycles. The highest BCUT2D eigenvalue weighted by Crippen LogP contribution is 2.15. The lowest BCUT2D eigenvalue weighted by Crippen LogP contribution is -2.24. The van der Waals surface area contributed by atoms with Gasteiger partial charge in [0.15, 0.2) is 0 Å². The molecule has 0 heterocycles. The standard InChI is InChI=1S/C17H17BrN2O/c1-2-14-7-3-4-9-16(14)20-17(21)19-11-10-13-6-5-8-15(18)12-13/h3-12H,2H2,1H3,(H2,19,20,21)/b11-10+. The predicted octanol–water partition coefficient (Wildman–Crippen LogP) is 4.80. The van der Waals surface area contributed by atoms with Crippen LogP contribution in [0, 0.1) is 0 Å². The van der Waals surface area contributed by atoms with Gasteiger partial charge in [-0.2, -0.15) is 0 Å². The van der Waals surface area contributed by atoms with Crippen LogP contribution < -0.4 is 10.6 Å². The highest BCUT2D eigenvalue weighted by Gasteiger charge is 2.03. The molecule has 108 valence electrons. The summed E-state index contributed by atoms with van der Waals surface area (Å²) < 4.78 is 1.01. The Balaban J connectivity index is 1.93. The molecule has 0 fully saturated rings. The van der Waals surface area contributed by atoms with Crippen LogP contribution in [0.15, 0.2) is 59.2 Å². The van der Waals surface area contributed by atoms with Crippen molar-refractivity contribution in [1.29, 1.82) is 0 Å². The smallest absolute Gasteiger partial charge is 0.314 e. The van der Waals surface area contributed by atoms with Gasteiger partial charge in [-0.05, 0) is 41.8 Å². The largest absolute Gasteiger partial charge is 0.323 e. The van der Waals surface area contributed by atoms with Gasteiger partial charge in [0, 0.05) is 16.4 Å². The first-order chi connectivity index (χ1) is 10.2. The van der Waals surface area contributed by atoms with E-state index in [1.54, 1.807) is 6.20 Å². The number of benzene rings is 2. The van der Waals surface area contributed by atoms with Gasteiger partial charge in [-0.15, -0.1) is 0 Å². The Labute approximate surface area is 133 Å². The number of hydrogen-bond acceptors (Lipinski definition) is 1. The lowest BCUT2D eigenvalue weighted by molar-refractivity contribution is 0.255. The molecule has 0 atom stereocenters. The second-order valence-electron chi connectivity index (χ2n) is 4.50. The summed E-state index contributed by atoms with van der Waals surface area (Å²) in [7, 11) is 0. The van der Waals surface area contributed by atoms with Crippen molar-refractivity contribution in [2.24, 2.45) is 0 Å². The highest BCUT2D eigenvalue weighted by molar-refractivity contribution is 9.10. The van der Waals surface area contributed by atoms with E-state index in [2.05, 4.69) is 33.5 Å². The van der Waals surface area contributed by atoms with Crippen LogP contribution in [-0.4, -0.2) is 6.03 Å². The van der Waals surface area contributed by atoms with E-state index in [4.69, 9.17) is 0 Å². The first-order valence-electron chi connectivity index (χ1n) is 6.76. The number of carbonyl (C=O) groups excluding carboxylic acids is 1. The summed E-state index contributed by atoms with van der Waals surface area (Å²) in [5.41, 5.74) is 2.97. The van der Waals surface area contributed by atoms with E-state index >= 15 is 0 Å². The monoisotopic (exact) mass is 344 g/mol. The lowest BCUT2D eigenvalue weighted by atomic mass is 10.1. The summed E-state index contributed by atoms with van der Waals surface area (Å²) in [4.78, 5) is 11.9. The topological polar surface area (TPSA) is 41.1 Å². The van der Waals surface area contributed by atoms with Crippen LogP contribution in [0.1, 0.15) is 18.1 Å². The van der Waals surface area contributed by atoms with E-state index in [0.29, 0.717) is 0 Å². The van der Waals surface area contributed by atoms with Crippen molar-refractivity contribution in [3.05, 3.63) is 70.3 Å². The number of hydrogen-bond donors (Lipinski definition) is 2. The Morgan fingerprint density at radius 1 is 1.19 bits per heavy atom. The molecule has 0 aliphatic carbocycles. The minimum Gasteiger partial charge on any atom is -0.314 e. The van der Waals surface area contributed by atoms with Gasteiger partial charge in [0.05, 0.1) is 0 Å². The first kappa shape index (κ1) is 15.3. The Bertz CT molecular complexity index is 653. The zero-order valence-electron chi connectivity index (χ0n) is 11.8. The number of carbonyl (C=O) groups is 1. The summed E-state index contributed by atoms with van der Waals surface area (Å²) in [5, 5.41) is 5.55. The molecular formula is C17H17BrN2O. The molecule has 2 aromatic rings. The average Bonchev–Trinajstić information content (AvgIpc) is 2.48. The van der Waals surface area contributed by atoms with Gasteiger partial charge >= 0.3 is 6.03 Å². The number of urea groups is 1. The molecule has 2 N–H and O–H groups in total. The van der Waals surface area contributed by atoms with E-state index in [-0.39, 0.29) is 6.03 Å². The Morgan fingerprint density at radius 3 is 2.76 bits per heavy atom. The molecule has 0 aliphatic heterocycles. The molecule has 0 aliphatic rings. The lowest BCUT2D eigenvalue weighted by Gasteiger charge is -2.08. The van der Waals surface area contributed by atoms with Crippen LogP contribution in [0.4, 0.5) is 10.5 Å². The van der Waals surface area contributed by atoms with Crippen LogP contribution in [-0.2, 0) is 6.42 Å². The fourth-order valence-electron chi connectivity index (χ4n) is 1.93. The van der Waals surface area contributed by atoms with Crippen molar-refractivity contribution in [3.63, 3.8) is 0 Å². The Kier molecular flexibility index (Phi) is 5.58. The third-order valence-corrected chi connectivity index (χ3v) is 3.48. The second kappa shape index (κ2) is 7.64. The van der Waals surface area contributed by atoms with Gasteiger partial charge in [0.2, 0.25) is 0 Å². The molecule has 0 saturated carbocycles. The van der Waals surface area contributed by atoms with Gasteiger partial charge in [-0.25, -0.2) is 4.79 Å². The number of halogens is 1. The normalized spacial score (nSPS) is 10.6. The summed E-state index contributed by atoms with van der Waals surface area (Å²) in [5.74, 6) is 0. The van der Waals surface area contributed by atoms with Crippen molar-refractivity contribution < 1.29 is 4.79 Å². The SMILES string of the molecule is CCc1ccccc1NC(=O)N/C=C/c1cccc(Br)c1. The number of anilines is 1. The van der Waals surface area contributed by atoms with Crippen molar-refractivity contribution in [2.45, 2.75) is 13.3 Å². The minimum absolute atomic E-state index is 0.248. The molecule has 0 radical (unpaired) electrons. The molecule has 4 heteroatoms. The van der Waals surface area contributed by atoms with Crippen molar-refractivity contribution in [2.75, 3.05) is 5.32 Å². The van der Waals surface area contributed by atoms with E-state index < -0.39 is 0 Å². The third kappa shape index (κ3) is 4.76. The number of aryl methyl sites for hydroxylation is 1. The highest BCUT2D eigenvalue weighted by atomic mass is 79.9. The summed E-state index contributed by atoms with van der Waals surface area (Å²) >= 11 is 3.41. The molecule has 0 bridgehead atoms. The quantitative estimate of drug-likeness (QED) is 0.821. The van der Waals surface area contributed by atoms with Gasteiger partial charge in [0.1, 0.15) is 0 Å². The minimum atomic E-state index is -0.248. The van der Waals surface area contributed by atoms with Crippen molar-refractivity contribution >= 4 is 33.7 Å². The average molecular weight is 345 g/mol. The van der Waals surface area contributed by atoms with Crippen molar-refractivity contribution in [3.8, 4) is 0 Å². The maximum atomic E-state index is 11.9. The Morgan fingerprint density at radius 2 is 2.00 bits per heavy atom. The van der Waals surface area contributed by atoms with Crippen LogP contribution in [0.5, 0.6) is 0 Å². The van der Waals surface area contributed by atoms with E-state index in [0.717, 1.165) is 27.7 Å². The van der Waals surface area contributed by atoms with E-state index in [1.165, 1.54) is 0 Å². The molecule has 2 aromatic carbocycles. The second-order valence-corrected chi connectivity index (χ2v) is 5.41. The zero-order chi connectivity index (χ0) is 15.1. The summed E-state index contributed by atoms with van der Waals surface area (Å²) in [6, 6.07) is 15.4. The van der Waals surface area contributed by atoms with Gasteiger partial charge < -0.3 is 10.6 Å². The van der Waals surface area contributed by atoms with Crippen LogP contribution in [0.25, 0.3) is 6.08 Å². The summed E-state index contributed by atoms with van der Waals surface area (Å²) in [6.45, 7) is 2.06. The molecule has 0 unspecified atom stereocenters. The van der Waals surface area contributed by atoms with Gasteiger partial charge in [0.25, 0.3) is 0 Å². The van der Waals surface area contributed by atoms with E-state index in [9.17, 15) is 4.79 Å². The zero-order valence-corrected chi connectivity index (χ0v) is 13.4. The van der Waals surface area contributed by atoms with Crippen LogP contribution in [0.2, 0.25) is 0 Å². The molecule has 21 heavy (non-hydrogen) atoms. The molecule has 2 amide bonds. The van der Waals surface area contributed by atoms with Gasteiger partial charge in [-0.1, -0.05) is 53.2 Å². The third-order valence-electron chi connectivity index (χ3n) is 2.99. The number of rotatable bonds is 4. The number of nitrogens with one attached hydrogen (secondary N) is 2. The van der Waals surface area contributed by atoms with Crippen molar-refractivity contribution in [1.82, 2.24) is 5.32 Å². The fourth-order valence-corrected chi connectivity index (χ4v) is 2.35. The fraction of sp³-hybridized carbons (Fsp3) is 0.118.